The van der Waals surface area contributed by atoms with Gasteiger partial charge in [0, 0.05) is 6.42 Å². The van der Waals surface area contributed by atoms with Gasteiger partial charge >= 0.3 is 5.51 Å². The number of rotatable bonds is 3. The standard InChI is InChI=1S/C13H18F3NOS/c14-13(15,16)19-17-11(18)7-12-4-8-1-9(5-12)3-10(2-8)6-12/h8-10H,1-7H2,(H,17,18). The SMILES string of the molecule is O=C(CC12CC3CC(CC(C3)C1)C2)NSC(F)(F)F. The van der Waals surface area contributed by atoms with Gasteiger partial charge in [-0.2, -0.15) is 13.2 Å². The fraction of sp³-hybridized carbons (Fsp3) is 0.923. The lowest BCUT2D eigenvalue weighted by atomic mass is 9.49. The van der Waals surface area contributed by atoms with Crippen LogP contribution in [0.2, 0.25) is 0 Å². The minimum absolute atomic E-state index is 0.00495. The van der Waals surface area contributed by atoms with Gasteiger partial charge in [0.25, 0.3) is 0 Å². The molecule has 0 aliphatic heterocycles. The summed E-state index contributed by atoms with van der Waals surface area (Å²) >= 11 is -0.429. The van der Waals surface area contributed by atoms with Crippen molar-refractivity contribution in [2.45, 2.75) is 50.5 Å². The van der Waals surface area contributed by atoms with Crippen molar-refractivity contribution in [1.82, 2.24) is 4.72 Å². The summed E-state index contributed by atoms with van der Waals surface area (Å²) in [6.45, 7) is 0. The number of halogens is 3. The smallest absolute Gasteiger partial charge is 0.293 e. The van der Waals surface area contributed by atoms with Gasteiger partial charge in [0.2, 0.25) is 5.91 Å². The lowest BCUT2D eigenvalue weighted by Gasteiger charge is -2.56. The molecular weight excluding hydrogens is 275 g/mol. The Morgan fingerprint density at radius 2 is 1.58 bits per heavy atom. The largest absolute Gasteiger partial charge is 0.461 e. The first kappa shape index (κ1) is 13.6. The Bertz CT molecular complexity index is 347. The summed E-state index contributed by atoms with van der Waals surface area (Å²) in [6.07, 6.45) is 7.24. The van der Waals surface area contributed by atoms with E-state index in [2.05, 4.69) is 0 Å². The van der Waals surface area contributed by atoms with Crippen molar-refractivity contribution >= 4 is 17.9 Å². The Kier molecular flexibility index (Phi) is 3.27. The van der Waals surface area contributed by atoms with Crippen LogP contribution in [-0.4, -0.2) is 11.4 Å². The van der Waals surface area contributed by atoms with Gasteiger partial charge in [0.05, 0.1) is 11.9 Å². The number of carbonyl (C=O) groups excluding carboxylic acids is 1. The molecule has 4 aliphatic rings. The fourth-order valence-electron chi connectivity index (χ4n) is 5.00. The van der Waals surface area contributed by atoms with Crippen molar-refractivity contribution in [2.75, 3.05) is 0 Å². The first-order valence-corrected chi connectivity index (χ1v) is 7.69. The third-order valence-corrected chi connectivity index (χ3v) is 5.54. The van der Waals surface area contributed by atoms with Crippen LogP contribution in [0.15, 0.2) is 0 Å². The maximum atomic E-state index is 12.1. The quantitative estimate of drug-likeness (QED) is 0.800. The van der Waals surface area contributed by atoms with Crippen LogP contribution in [0.25, 0.3) is 0 Å². The molecule has 0 saturated heterocycles. The zero-order valence-electron chi connectivity index (χ0n) is 10.6. The summed E-state index contributed by atoms with van der Waals surface area (Å²) in [7, 11) is 0. The molecule has 0 atom stereocenters. The van der Waals surface area contributed by atoms with Gasteiger partial charge in [-0.25, -0.2) is 0 Å². The number of hydrogen-bond acceptors (Lipinski definition) is 2. The molecule has 2 nitrogen and oxygen atoms in total. The first-order valence-electron chi connectivity index (χ1n) is 6.87. The van der Waals surface area contributed by atoms with E-state index < -0.39 is 23.4 Å². The molecule has 0 radical (unpaired) electrons. The summed E-state index contributed by atoms with van der Waals surface area (Å²) in [5.41, 5.74) is -4.39. The van der Waals surface area contributed by atoms with Crippen molar-refractivity contribution in [3.8, 4) is 0 Å². The molecule has 6 heteroatoms. The number of hydrogen-bond donors (Lipinski definition) is 1. The molecule has 19 heavy (non-hydrogen) atoms. The van der Waals surface area contributed by atoms with Crippen LogP contribution in [0, 0.1) is 23.2 Å². The highest BCUT2D eigenvalue weighted by atomic mass is 32.2. The predicted molar refractivity (Wildman–Crippen MR) is 67.0 cm³/mol. The van der Waals surface area contributed by atoms with E-state index in [-0.39, 0.29) is 11.8 Å². The molecule has 4 bridgehead atoms. The van der Waals surface area contributed by atoms with E-state index in [1.54, 1.807) is 0 Å². The minimum atomic E-state index is -4.39. The van der Waals surface area contributed by atoms with E-state index in [1.807, 2.05) is 4.72 Å². The van der Waals surface area contributed by atoms with Crippen LogP contribution in [0.1, 0.15) is 44.9 Å². The van der Waals surface area contributed by atoms with Crippen LogP contribution in [0.4, 0.5) is 13.2 Å². The summed E-state index contributed by atoms with van der Waals surface area (Å²) in [5.74, 6) is 1.70. The zero-order chi connectivity index (χ0) is 13.7. The molecule has 4 saturated carbocycles. The Balaban J connectivity index is 1.59. The summed E-state index contributed by atoms with van der Waals surface area (Å²) in [5, 5.41) is 0. The van der Waals surface area contributed by atoms with Crippen LogP contribution in [0.3, 0.4) is 0 Å². The summed E-state index contributed by atoms with van der Waals surface area (Å²) < 4.78 is 38.1. The average molecular weight is 293 g/mol. The second-order valence-corrected chi connectivity index (χ2v) is 7.54. The average Bonchev–Trinajstić information content (AvgIpc) is 2.22. The molecule has 0 aromatic carbocycles. The van der Waals surface area contributed by atoms with Gasteiger partial charge in [-0.3, -0.25) is 9.52 Å². The van der Waals surface area contributed by atoms with E-state index in [0.29, 0.717) is 17.8 Å². The van der Waals surface area contributed by atoms with Gasteiger partial charge in [0.1, 0.15) is 0 Å². The van der Waals surface area contributed by atoms with E-state index in [0.717, 1.165) is 19.3 Å². The van der Waals surface area contributed by atoms with Crippen LogP contribution in [0.5, 0.6) is 0 Å². The first-order chi connectivity index (χ1) is 8.84. The second-order valence-electron chi connectivity index (χ2n) is 6.67. The number of nitrogens with one attached hydrogen (secondary N) is 1. The number of amides is 1. The Morgan fingerprint density at radius 1 is 1.11 bits per heavy atom. The van der Waals surface area contributed by atoms with E-state index in [9.17, 15) is 18.0 Å². The van der Waals surface area contributed by atoms with Crippen molar-refractivity contribution in [3.05, 3.63) is 0 Å². The minimum Gasteiger partial charge on any atom is -0.293 e. The number of alkyl halides is 3. The maximum absolute atomic E-state index is 12.1. The van der Waals surface area contributed by atoms with Gasteiger partial charge < -0.3 is 0 Å². The highest BCUT2D eigenvalue weighted by molar-refractivity contribution is 7.98. The second kappa shape index (κ2) is 4.57. The molecule has 1 amide bonds. The summed E-state index contributed by atoms with van der Waals surface area (Å²) in [6, 6.07) is 0. The molecule has 0 aromatic rings. The van der Waals surface area contributed by atoms with E-state index in [1.165, 1.54) is 19.3 Å². The van der Waals surface area contributed by atoms with Crippen molar-refractivity contribution < 1.29 is 18.0 Å². The van der Waals surface area contributed by atoms with Crippen molar-refractivity contribution in [3.63, 3.8) is 0 Å². The highest BCUT2D eigenvalue weighted by Crippen LogP contribution is 2.61. The molecule has 4 fully saturated rings. The van der Waals surface area contributed by atoms with E-state index in [4.69, 9.17) is 0 Å². The molecule has 4 aliphatic carbocycles. The van der Waals surface area contributed by atoms with Gasteiger partial charge in [-0.05, 0) is 61.7 Å². The Labute approximate surface area is 115 Å². The lowest BCUT2D eigenvalue weighted by molar-refractivity contribution is -0.127. The van der Waals surface area contributed by atoms with Crippen LogP contribution >= 0.6 is 11.9 Å². The Morgan fingerprint density at radius 3 is 2.00 bits per heavy atom. The molecule has 0 unspecified atom stereocenters. The predicted octanol–water partition coefficient (Wildman–Crippen LogP) is 3.88. The van der Waals surface area contributed by atoms with Crippen molar-refractivity contribution in [2.24, 2.45) is 23.2 Å². The maximum Gasteiger partial charge on any atom is 0.461 e. The van der Waals surface area contributed by atoms with Gasteiger partial charge in [-0.1, -0.05) is 0 Å². The molecule has 108 valence electrons. The molecule has 0 spiro atoms. The summed E-state index contributed by atoms with van der Waals surface area (Å²) in [4.78, 5) is 11.7. The van der Waals surface area contributed by atoms with Crippen LogP contribution in [-0.2, 0) is 4.79 Å². The van der Waals surface area contributed by atoms with Crippen LogP contribution < -0.4 is 4.72 Å². The van der Waals surface area contributed by atoms with Gasteiger partial charge in [0.15, 0.2) is 0 Å². The lowest BCUT2D eigenvalue weighted by Crippen LogP contribution is -2.47. The molecule has 1 N–H and O–H groups in total. The molecule has 0 aromatic heterocycles. The third kappa shape index (κ3) is 3.03. The number of carbonyl (C=O) groups is 1. The van der Waals surface area contributed by atoms with Gasteiger partial charge in [-0.15, -0.1) is 0 Å². The van der Waals surface area contributed by atoms with E-state index >= 15 is 0 Å². The molecule has 4 rings (SSSR count). The highest BCUT2D eigenvalue weighted by Gasteiger charge is 2.51. The zero-order valence-corrected chi connectivity index (χ0v) is 11.4. The Hall–Kier alpha value is -0.390. The molecule has 0 heterocycles. The normalized spacial score (nSPS) is 40.5. The monoisotopic (exact) mass is 293 g/mol. The fourth-order valence-corrected chi connectivity index (χ4v) is 5.30. The van der Waals surface area contributed by atoms with Crippen molar-refractivity contribution in [1.29, 1.82) is 0 Å². The third-order valence-electron chi connectivity index (χ3n) is 4.98. The molecular formula is C13H18F3NOS. The topological polar surface area (TPSA) is 29.1 Å².